The molecule has 2 fully saturated rings. The molecular weight excluding hydrogens is 198 g/mol. The van der Waals surface area contributed by atoms with Gasteiger partial charge >= 0.3 is 0 Å². The summed E-state index contributed by atoms with van der Waals surface area (Å²) < 4.78 is 6.09. The van der Waals surface area contributed by atoms with Gasteiger partial charge in [0.05, 0.1) is 5.60 Å². The number of benzene rings is 1. The molecule has 1 saturated heterocycles. The molecule has 0 aromatic heterocycles. The SMILES string of the molecule is CC1(c2ccccc2)CCN(C2CC2)CO1. The van der Waals surface area contributed by atoms with Gasteiger partial charge in [-0.25, -0.2) is 0 Å². The van der Waals surface area contributed by atoms with Crippen molar-refractivity contribution in [3.63, 3.8) is 0 Å². The fourth-order valence-corrected chi connectivity index (χ4v) is 2.47. The zero-order chi connectivity index (χ0) is 11.0. The van der Waals surface area contributed by atoms with Crippen molar-refractivity contribution in [3.05, 3.63) is 35.9 Å². The molecule has 2 heteroatoms. The molecule has 0 N–H and O–H groups in total. The van der Waals surface area contributed by atoms with Crippen LogP contribution in [0, 0.1) is 0 Å². The van der Waals surface area contributed by atoms with Crippen LogP contribution in [0.25, 0.3) is 0 Å². The Hall–Kier alpha value is -0.860. The fourth-order valence-electron chi connectivity index (χ4n) is 2.47. The highest BCUT2D eigenvalue weighted by atomic mass is 16.5. The first kappa shape index (κ1) is 10.3. The largest absolute Gasteiger partial charge is 0.355 e. The van der Waals surface area contributed by atoms with Crippen molar-refractivity contribution in [3.8, 4) is 0 Å². The van der Waals surface area contributed by atoms with E-state index in [1.54, 1.807) is 0 Å². The predicted octanol–water partition coefficient (Wildman–Crippen LogP) is 2.74. The van der Waals surface area contributed by atoms with Gasteiger partial charge in [0.2, 0.25) is 0 Å². The normalized spacial score (nSPS) is 31.6. The minimum absolute atomic E-state index is 0.0767. The molecule has 2 aliphatic rings. The van der Waals surface area contributed by atoms with Crippen LogP contribution < -0.4 is 0 Å². The number of nitrogens with zero attached hydrogens (tertiary/aromatic N) is 1. The topological polar surface area (TPSA) is 12.5 Å². The molecule has 1 atom stereocenters. The molecule has 2 nitrogen and oxygen atoms in total. The average Bonchev–Trinajstić information content (AvgIpc) is 3.15. The maximum Gasteiger partial charge on any atom is 0.100 e. The second kappa shape index (κ2) is 3.86. The summed E-state index contributed by atoms with van der Waals surface area (Å²) in [6, 6.07) is 11.4. The van der Waals surface area contributed by atoms with E-state index in [-0.39, 0.29) is 5.60 Å². The van der Waals surface area contributed by atoms with Gasteiger partial charge in [-0.3, -0.25) is 4.90 Å². The van der Waals surface area contributed by atoms with Crippen molar-refractivity contribution >= 4 is 0 Å². The summed E-state index contributed by atoms with van der Waals surface area (Å²) in [5.74, 6) is 0. The van der Waals surface area contributed by atoms with E-state index in [0.29, 0.717) is 0 Å². The summed E-state index contributed by atoms with van der Waals surface area (Å²) in [6.07, 6.45) is 3.84. The average molecular weight is 217 g/mol. The van der Waals surface area contributed by atoms with Crippen molar-refractivity contribution < 1.29 is 4.74 Å². The van der Waals surface area contributed by atoms with Crippen LogP contribution in [-0.4, -0.2) is 24.2 Å². The highest BCUT2D eigenvalue weighted by molar-refractivity contribution is 5.22. The lowest BCUT2D eigenvalue weighted by Gasteiger charge is -2.40. The summed E-state index contributed by atoms with van der Waals surface area (Å²) in [7, 11) is 0. The maximum atomic E-state index is 6.09. The number of ether oxygens (including phenoxy) is 1. The van der Waals surface area contributed by atoms with E-state index in [4.69, 9.17) is 4.74 Å². The monoisotopic (exact) mass is 217 g/mol. The van der Waals surface area contributed by atoms with Gasteiger partial charge in [0.25, 0.3) is 0 Å². The van der Waals surface area contributed by atoms with E-state index in [9.17, 15) is 0 Å². The van der Waals surface area contributed by atoms with Gasteiger partial charge in [0, 0.05) is 12.6 Å². The van der Waals surface area contributed by atoms with E-state index in [1.165, 1.54) is 24.9 Å². The Morgan fingerprint density at radius 2 is 2.00 bits per heavy atom. The van der Waals surface area contributed by atoms with Crippen LogP contribution in [0.2, 0.25) is 0 Å². The van der Waals surface area contributed by atoms with Crippen LogP contribution in [0.3, 0.4) is 0 Å². The third kappa shape index (κ3) is 1.87. The molecule has 1 aromatic carbocycles. The van der Waals surface area contributed by atoms with Gasteiger partial charge in [-0.1, -0.05) is 30.3 Å². The minimum Gasteiger partial charge on any atom is -0.355 e. The molecule has 1 saturated carbocycles. The molecule has 0 amide bonds. The number of hydrogen-bond acceptors (Lipinski definition) is 2. The molecular formula is C14H19NO. The second-order valence-corrected chi connectivity index (χ2v) is 5.16. The van der Waals surface area contributed by atoms with Crippen molar-refractivity contribution in [1.82, 2.24) is 4.90 Å². The minimum atomic E-state index is -0.0767. The Bertz CT molecular complexity index is 350. The van der Waals surface area contributed by atoms with Gasteiger partial charge in [0.15, 0.2) is 0 Å². The lowest BCUT2D eigenvalue weighted by molar-refractivity contribution is -0.136. The molecule has 1 aliphatic heterocycles. The van der Waals surface area contributed by atoms with E-state index < -0.39 is 0 Å². The van der Waals surface area contributed by atoms with Crippen LogP contribution >= 0.6 is 0 Å². The van der Waals surface area contributed by atoms with Crippen LogP contribution in [-0.2, 0) is 10.3 Å². The highest BCUT2D eigenvalue weighted by Crippen LogP contribution is 2.36. The maximum absolute atomic E-state index is 6.09. The zero-order valence-corrected chi connectivity index (χ0v) is 9.86. The van der Waals surface area contributed by atoms with E-state index in [0.717, 1.165) is 19.2 Å². The Kier molecular flexibility index (Phi) is 2.49. The Morgan fingerprint density at radius 3 is 2.56 bits per heavy atom. The number of rotatable bonds is 2. The van der Waals surface area contributed by atoms with Gasteiger partial charge in [-0.15, -0.1) is 0 Å². The van der Waals surface area contributed by atoms with E-state index in [2.05, 4.69) is 42.2 Å². The summed E-state index contributed by atoms with van der Waals surface area (Å²) >= 11 is 0. The smallest absolute Gasteiger partial charge is 0.100 e. The van der Waals surface area contributed by atoms with Crippen molar-refractivity contribution in [2.24, 2.45) is 0 Å². The molecule has 86 valence electrons. The summed E-state index contributed by atoms with van der Waals surface area (Å²) in [5, 5.41) is 0. The first-order valence-corrected chi connectivity index (χ1v) is 6.21. The number of hydrogen-bond donors (Lipinski definition) is 0. The molecule has 3 rings (SSSR count). The first-order chi connectivity index (χ1) is 7.78. The van der Waals surface area contributed by atoms with Gasteiger partial charge in [0.1, 0.15) is 6.73 Å². The Balaban J connectivity index is 1.71. The summed E-state index contributed by atoms with van der Waals surface area (Å²) in [4.78, 5) is 2.48. The van der Waals surface area contributed by atoms with Crippen LogP contribution in [0.1, 0.15) is 31.7 Å². The lowest BCUT2D eigenvalue weighted by Crippen LogP contribution is -2.44. The summed E-state index contributed by atoms with van der Waals surface area (Å²) in [6.45, 7) is 4.19. The van der Waals surface area contributed by atoms with Crippen LogP contribution in [0.15, 0.2) is 30.3 Å². The predicted molar refractivity (Wildman–Crippen MR) is 64.1 cm³/mol. The third-order valence-electron chi connectivity index (χ3n) is 3.87. The molecule has 1 aromatic rings. The second-order valence-electron chi connectivity index (χ2n) is 5.16. The highest BCUT2D eigenvalue weighted by Gasteiger charge is 2.37. The van der Waals surface area contributed by atoms with Crippen molar-refractivity contribution in [2.75, 3.05) is 13.3 Å². The van der Waals surface area contributed by atoms with Crippen LogP contribution in [0.4, 0.5) is 0 Å². The first-order valence-electron chi connectivity index (χ1n) is 6.21. The fraction of sp³-hybridized carbons (Fsp3) is 0.571. The van der Waals surface area contributed by atoms with Crippen molar-refractivity contribution in [2.45, 2.75) is 37.8 Å². The van der Waals surface area contributed by atoms with Gasteiger partial charge < -0.3 is 4.74 Å². The zero-order valence-electron chi connectivity index (χ0n) is 9.86. The quantitative estimate of drug-likeness (QED) is 0.755. The van der Waals surface area contributed by atoms with E-state index >= 15 is 0 Å². The molecule has 1 unspecified atom stereocenters. The third-order valence-corrected chi connectivity index (χ3v) is 3.87. The molecule has 16 heavy (non-hydrogen) atoms. The molecule has 1 aliphatic carbocycles. The molecule has 0 spiro atoms. The standard InChI is InChI=1S/C14H19NO/c1-14(12-5-3-2-4-6-12)9-10-15(11-16-14)13-7-8-13/h2-6,13H,7-11H2,1H3. The van der Waals surface area contributed by atoms with Gasteiger partial charge in [-0.2, -0.15) is 0 Å². The summed E-state index contributed by atoms with van der Waals surface area (Å²) in [5.41, 5.74) is 1.23. The van der Waals surface area contributed by atoms with E-state index in [1.807, 2.05) is 0 Å². The Labute approximate surface area is 97.2 Å². The molecule has 0 radical (unpaired) electrons. The van der Waals surface area contributed by atoms with Crippen molar-refractivity contribution in [1.29, 1.82) is 0 Å². The Morgan fingerprint density at radius 1 is 1.25 bits per heavy atom. The molecule has 0 bridgehead atoms. The van der Waals surface area contributed by atoms with Crippen LogP contribution in [0.5, 0.6) is 0 Å². The molecule has 1 heterocycles. The van der Waals surface area contributed by atoms with Gasteiger partial charge in [-0.05, 0) is 31.7 Å². The lowest BCUT2D eigenvalue weighted by atomic mass is 9.91.